The first-order chi connectivity index (χ1) is 20.2. The Morgan fingerprint density at radius 1 is 0.884 bits per heavy atom. The summed E-state index contributed by atoms with van der Waals surface area (Å²) in [6.07, 6.45) is 6.58. The molecule has 1 saturated carbocycles. The molecule has 1 aliphatic carbocycles. The van der Waals surface area contributed by atoms with Gasteiger partial charge in [0.15, 0.2) is 5.78 Å². The smallest absolute Gasteiger partial charge is 0.338 e. The first-order valence-electron chi connectivity index (χ1n) is 15.3. The lowest BCUT2D eigenvalue weighted by Crippen LogP contribution is -2.55. The number of hydrogen-bond acceptors (Lipinski definition) is 6. The molecule has 1 heterocycles. The Bertz CT molecular complexity index is 1330. The fourth-order valence-electron chi connectivity index (χ4n) is 5.57. The lowest BCUT2D eigenvalue weighted by atomic mass is 9.90. The number of esters is 1. The average Bonchev–Trinajstić information content (AvgIpc) is 3.26. The molecule has 0 bridgehead atoms. The summed E-state index contributed by atoms with van der Waals surface area (Å²) in [7, 11) is 0. The number of nitrogens with zero attached hydrogens (tertiary/aromatic N) is 2. The van der Waals surface area contributed by atoms with Crippen LogP contribution in [0, 0.1) is 5.41 Å². The average molecular weight is 591 g/mol. The zero-order valence-corrected chi connectivity index (χ0v) is 26.4. The van der Waals surface area contributed by atoms with E-state index in [1.807, 2.05) is 45.0 Å². The van der Waals surface area contributed by atoms with Crippen LogP contribution in [0.5, 0.6) is 0 Å². The monoisotopic (exact) mass is 590 g/mol. The molecule has 9 nitrogen and oxygen atoms in total. The summed E-state index contributed by atoms with van der Waals surface area (Å²) in [4.78, 5) is 57.1. The Morgan fingerprint density at radius 3 is 2.16 bits per heavy atom. The summed E-state index contributed by atoms with van der Waals surface area (Å²) in [5, 5.41) is 5.67. The highest BCUT2D eigenvalue weighted by Crippen LogP contribution is 2.37. The molecule has 1 unspecified atom stereocenters. The molecule has 0 aromatic heterocycles. The molecule has 1 atom stereocenters. The molecule has 1 aliphatic heterocycles. The second-order valence-electron chi connectivity index (χ2n) is 13.6. The Balaban J connectivity index is 1.62. The number of anilines is 3. The molecule has 2 aromatic rings. The third kappa shape index (κ3) is 8.36. The topological polar surface area (TPSA) is 108 Å². The van der Waals surface area contributed by atoms with Gasteiger partial charge in [0.2, 0.25) is 0 Å². The van der Waals surface area contributed by atoms with Gasteiger partial charge in [-0.1, -0.05) is 64.7 Å². The van der Waals surface area contributed by atoms with Gasteiger partial charge in [-0.2, -0.15) is 0 Å². The molecule has 232 valence electrons. The number of nitrogens with one attached hydrogen (secondary N) is 2. The number of hydrogen-bond donors (Lipinski definition) is 2. The molecule has 2 N–H and O–H groups in total. The van der Waals surface area contributed by atoms with Gasteiger partial charge in [-0.15, -0.1) is 0 Å². The third-order valence-corrected chi connectivity index (χ3v) is 7.89. The van der Waals surface area contributed by atoms with Gasteiger partial charge in [-0.25, -0.2) is 9.59 Å². The quantitative estimate of drug-likeness (QED) is 0.301. The number of Topliss-reactive ketones (excluding diaryl/α,β-unsaturated/α-hetero) is 1. The van der Waals surface area contributed by atoms with Crippen molar-refractivity contribution < 1.29 is 23.9 Å². The first kappa shape index (κ1) is 32.0. The Labute approximate surface area is 255 Å². The van der Waals surface area contributed by atoms with Gasteiger partial charge < -0.3 is 25.2 Å². The molecule has 4 rings (SSSR count). The molecule has 43 heavy (non-hydrogen) atoms. The Kier molecular flexibility index (Phi) is 9.82. The van der Waals surface area contributed by atoms with Gasteiger partial charge in [-0.05, 0) is 63.9 Å². The number of benzene rings is 2. The minimum Gasteiger partial charge on any atom is -0.456 e. The van der Waals surface area contributed by atoms with Gasteiger partial charge in [0, 0.05) is 23.7 Å². The Morgan fingerprint density at radius 2 is 1.53 bits per heavy atom. The highest BCUT2D eigenvalue weighted by atomic mass is 16.6. The van der Waals surface area contributed by atoms with Crippen LogP contribution in [0.25, 0.3) is 0 Å². The van der Waals surface area contributed by atoms with E-state index in [2.05, 4.69) is 15.5 Å². The highest BCUT2D eigenvalue weighted by molar-refractivity contribution is 6.08. The molecule has 0 saturated heterocycles. The van der Waals surface area contributed by atoms with Crippen molar-refractivity contribution >= 4 is 40.8 Å². The van der Waals surface area contributed by atoms with E-state index in [1.165, 1.54) is 17.7 Å². The number of urea groups is 1. The van der Waals surface area contributed by atoms with E-state index < -0.39 is 29.1 Å². The van der Waals surface area contributed by atoms with Crippen LogP contribution < -0.4 is 20.4 Å². The number of para-hydroxylation sites is 2. The van der Waals surface area contributed by atoms with E-state index in [0.29, 0.717) is 16.9 Å². The molecule has 2 aromatic carbocycles. The van der Waals surface area contributed by atoms with Crippen molar-refractivity contribution in [3.05, 3.63) is 54.1 Å². The van der Waals surface area contributed by atoms with Crippen LogP contribution in [0.1, 0.15) is 90.4 Å². The van der Waals surface area contributed by atoms with E-state index in [4.69, 9.17) is 4.74 Å². The zero-order valence-electron chi connectivity index (χ0n) is 26.4. The highest BCUT2D eigenvalue weighted by Gasteiger charge is 2.39. The number of carbonyl (C=O) groups excluding carboxylic acids is 4. The van der Waals surface area contributed by atoms with E-state index in [9.17, 15) is 19.2 Å². The number of rotatable bonds is 6. The van der Waals surface area contributed by atoms with Crippen molar-refractivity contribution in [1.29, 1.82) is 0 Å². The summed E-state index contributed by atoms with van der Waals surface area (Å²) in [6, 6.07) is 13.0. The van der Waals surface area contributed by atoms with Gasteiger partial charge in [-0.3, -0.25) is 9.59 Å². The predicted molar refractivity (Wildman–Crippen MR) is 170 cm³/mol. The maximum absolute atomic E-state index is 14.2. The lowest BCUT2D eigenvalue weighted by molar-refractivity contribution is -0.127. The van der Waals surface area contributed by atoms with Crippen molar-refractivity contribution in [3.8, 4) is 0 Å². The largest absolute Gasteiger partial charge is 0.456 e. The molecule has 0 spiro atoms. The second-order valence-corrected chi connectivity index (χ2v) is 13.6. The Hall–Kier alpha value is -3.88. The van der Waals surface area contributed by atoms with E-state index in [1.54, 1.807) is 45.0 Å². The second kappa shape index (κ2) is 13.2. The van der Waals surface area contributed by atoms with Crippen LogP contribution in [0.4, 0.5) is 21.9 Å². The standard InChI is InChI=1S/C34H46N4O5/c1-33(2,3)29(39)22-38-28-19-12-11-18-27(28)37(25-16-9-7-8-10-17-25)21-26(30(38)40)36-32(42)35-24-15-13-14-23(20-24)31(41)43-34(4,5)6/h11-15,18-20,25-26H,7-10,16-17,21-22H2,1-6H3,(H2,35,36,42). The maximum atomic E-state index is 14.2. The fourth-order valence-corrected chi connectivity index (χ4v) is 5.57. The molecule has 9 heteroatoms. The first-order valence-corrected chi connectivity index (χ1v) is 15.3. The van der Waals surface area contributed by atoms with Gasteiger partial charge in [0.1, 0.15) is 11.6 Å². The summed E-state index contributed by atoms with van der Waals surface area (Å²) in [5.74, 6) is -0.897. The van der Waals surface area contributed by atoms with Gasteiger partial charge in [0.05, 0.1) is 23.5 Å². The van der Waals surface area contributed by atoms with Crippen LogP contribution >= 0.6 is 0 Å². The molecular formula is C34H46N4O5. The molecule has 1 fully saturated rings. The van der Waals surface area contributed by atoms with Crippen molar-refractivity contribution in [2.75, 3.05) is 28.2 Å². The van der Waals surface area contributed by atoms with Crippen LogP contribution in [0.2, 0.25) is 0 Å². The lowest BCUT2D eigenvalue weighted by Gasteiger charge is -2.34. The van der Waals surface area contributed by atoms with E-state index in [-0.39, 0.29) is 30.8 Å². The van der Waals surface area contributed by atoms with E-state index in [0.717, 1.165) is 31.4 Å². The minimum absolute atomic E-state index is 0.0688. The number of amides is 3. The number of ether oxygens (including phenoxy) is 1. The molecule has 3 amide bonds. The van der Waals surface area contributed by atoms with Gasteiger partial charge >= 0.3 is 12.0 Å². The summed E-state index contributed by atoms with van der Waals surface area (Å²) in [5.41, 5.74) is 0.995. The fraction of sp³-hybridized carbons (Fsp3) is 0.529. The number of carbonyl (C=O) groups is 4. The summed E-state index contributed by atoms with van der Waals surface area (Å²) < 4.78 is 5.46. The zero-order chi connectivity index (χ0) is 31.4. The van der Waals surface area contributed by atoms with Crippen molar-refractivity contribution in [1.82, 2.24) is 5.32 Å². The predicted octanol–water partition coefficient (Wildman–Crippen LogP) is 6.32. The summed E-state index contributed by atoms with van der Waals surface area (Å²) >= 11 is 0. The van der Waals surface area contributed by atoms with Crippen molar-refractivity contribution in [2.24, 2.45) is 5.41 Å². The number of ketones is 1. The van der Waals surface area contributed by atoms with Crippen LogP contribution in [0.15, 0.2) is 48.5 Å². The minimum atomic E-state index is -0.905. The van der Waals surface area contributed by atoms with Crippen LogP contribution in [-0.2, 0) is 14.3 Å². The van der Waals surface area contributed by atoms with Gasteiger partial charge in [0.25, 0.3) is 5.91 Å². The summed E-state index contributed by atoms with van der Waals surface area (Å²) in [6.45, 7) is 11.1. The van der Waals surface area contributed by atoms with Crippen molar-refractivity contribution in [2.45, 2.75) is 97.8 Å². The maximum Gasteiger partial charge on any atom is 0.338 e. The number of fused-ring (bicyclic) bond motifs is 1. The van der Waals surface area contributed by atoms with E-state index >= 15 is 0 Å². The van der Waals surface area contributed by atoms with Crippen molar-refractivity contribution in [3.63, 3.8) is 0 Å². The molecular weight excluding hydrogens is 544 g/mol. The third-order valence-electron chi connectivity index (χ3n) is 7.89. The van der Waals surface area contributed by atoms with Crippen LogP contribution in [0.3, 0.4) is 0 Å². The molecule has 0 radical (unpaired) electrons. The van der Waals surface area contributed by atoms with Crippen LogP contribution in [-0.4, -0.2) is 54.5 Å². The normalized spacial score (nSPS) is 18.3. The molecule has 2 aliphatic rings. The SMILES string of the molecule is CC(C)(C)OC(=O)c1cccc(NC(=O)NC2CN(C3CCCCCC3)c3ccccc3N(CC(=O)C(C)(C)C)C2=O)c1.